The smallest absolute Gasteiger partial charge is 0.272 e. The summed E-state index contributed by atoms with van der Waals surface area (Å²) in [5.41, 5.74) is 1.88. The van der Waals surface area contributed by atoms with Gasteiger partial charge in [-0.15, -0.1) is 10.2 Å². The molecule has 0 saturated carbocycles. The molecule has 3 aromatic rings. The van der Waals surface area contributed by atoms with E-state index in [0.29, 0.717) is 12.4 Å². The van der Waals surface area contributed by atoms with Crippen molar-refractivity contribution in [1.29, 1.82) is 0 Å². The summed E-state index contributed by atoms with van der Waals surface area (Å²) in [5.74, 6) is 1.06. The van der Waals surface area contributed by atoms with Crippen molar-refractivity contribution >= 4 is 17.4 Å². The van der Waals surface area contributed by atoms with Crippen LogP contribution in [-0.4, -0.2) is 27.2 Å². The van der Waals surface area contributed by atoms with Crippen LogP contribution >= 0.6 is 0 Å². The number of carbonyl (C=O) groups excluding carboxylic acids is 1. The number of benzene rings is 1. The zero-order chi connectivity index (χ0) is 19.1. The molecule has 27 heavy (non-hydrogen) atoms. The predicted molar refractivity (Wildman–Crippen MR) is 103 cm³/mol. The van der Waals surface area contributed by atoms with Crippen molar-refractivity contribution in [3.63, 3.8) is 0 Å². The zero-order valence-electron chi connectivity index (χ0n) is 15.2. The Bertz CT molecular complexity index is 865. The summed E-state index contributed by atoms with van der Waals surface area (Å²) in [5, 5.41) is 13.9. The van der Waals surface area contributed by atoms with E-state index in [9.17, 15) is 4.79 Å². The Balaban J connectivity index is 1.55. The molecule has 2 N–H and O–H groups in total. The number of hydrogen-bond donors (Lipinski definition) is 2. The van der Waals surface area contributed by atoms with Gasteiger partial charge in [0.2, 0.25) is 0 Å². The van der Waals surface area contributed by atoms with Gasteiger partial charge in [0.25, 0.3) is 5.91 Å². The van der Waals surface area contributed by atoms with Gasteiger partial charge < -0.3 is 15.4 Å². The number of nitrogens with one attached hydrogen (secondary N) is 2. The zero-order valence-corrected chi connectivity index (χ0v) is 15.2. The van der Waals surface area contributed by atoms with Crippen LogP contribution in [0.5, 0.6) is 5.75 Å². The van der Waals surface area contributed by atoms with E-state index in [4.69, 9.17) is 4.74 Å². The number of ether oxygens (including phenoxy) is 1. The van der Waals surface area contributed by atoms with E-state index in [0.717, 1.165) is 17.1 Å². The lowest BCUT2D eigenvalue weighted by atomic mass is 10.3. The lowest BCUT2D eigenvalue weighted by Crippen LogP contribution is -2.24. The van der Waals surface area contributed by atoms with Gasteiger partial charge in [-0.1, -0.05) is 6.07 Å². The first-order valence-electron chi connectivity index (χ1n) is 8.66. The molecule has 1 aromatic carbocycles. The van der Waals surface area contributed by atoms with Crippen LogP contribution in [0.25, 0.3) is 0 Å². The molecule has 2 aromatic heterocycles. The van der Waals surface area contributed by atoms with Crippen molar-refractivity contribution in [2.45, 2.75) is 26.5 Å². The average molecular weight is 363 g/mol. The Morgan fingerprint density at radius 2 is 1.85 bits per heavy atom. The van der Waals surface area contributed by atoms with Gasteiger partial charge in [0.05, 0.1) is 18.3 Å². The van der Waals surface area contributed by atoms with E-state index in [-0.39, 0.29) is 17.7 Å². The maximum atomic E-state index is 12.1. The summed E-state index contributed by atoms with van der Waals surface area (Å²) in [4.78, 5) is 16.3. The van der Waals surface area contributed by atoms with E-state index < -0.39 is 0 Å². The highest BCUT2D eigenvalue weighted by atomic mass is 16.5. The first-order valence-corrected chi connectivity index (χ1v) is 8.66. The van der Waals surface area contributed by atoms with Crippen LogP contribution in [-0.2, 0) is 6.54 Å². The highest BCUT2D eigenvalue weighted by Gasteiger charge is 2.08. The number of aromatic nitrogens is 3. The molecule has 0 radical (unpaired) electrons. The molecule has 2 heterocycles. The van der Waals surface area contributed by atoms with Gasteiger partial charge in [-0.25, -0.2) is 0 Å². The molecule has 0 saturated heterocycles. The minimum atomic E-state index is -0.296. The minimum Gasteiger partial charge on any atom is -0.491 e. The van der Waals surface area contributed by atoms with Gasteiger partial charge in [0.1, 0.15) is 5.75 Å². The summed E-state index contributed by atoms with van der Waals surface area (Å²) in [7, 11) is 0. The van der Waals surface area contributed by atoms with Gasteiger partial charge in [-0.3, -0.25) is 9.78 Å². The largest absolute Gasteiger partial charge is 0.491 e. The molecule has 0 aliphatic carbocycles. The number of amides is 1. The normalized spacial score (nSPS) is 10.5. The summed E-state index contributed by atoms with van der Waals surface area (Å²) in [6.45, 7) is 4.30. The van der Waals surface area contributed by atoms with Gasteiger partial charge in [0.15, 0.2) is 11.5 Å². The van der Waals surface area contributed by atoms with Crippen molar-refractivity contribution in [3.05, 3.63) is 72.2 Å². The van der Waals surface area contributed by atoms with Crippen LogP contribution in [0, 0.1) is 0 Å². The second-order valence-corrected chi connectivity index (χ2v) is 6.12. The lowest BCUT2D eigenvalue weighted by molar-refractivity contribution is 0.0944. The Labute approximate surface area is 157 Å². The Kier molecular flexibility index (Phi) is 5.94. The number of hydrogen-bond acceptors (Lipinski definition) is 6. The molecule has 0 aliphatic heterocycles. The van der Waals surface area contributed by atoms with Crippen molar-refractivity contribution in [1.82, 2.24) is 20.5 Å². The molecule has 1 amide bonds. The molecule has 138 valence electrons. The van der Waals surface area contributed by atoms with Crippen LogP contribution < -0.4 is 15.4 Å². The summed E-state index contributed by atoms with van der Waals surface area (Å²) < 4.78 is 5.61. The number of rotatable bonds is 7. The third-order valence-electron chi connectivity index (χ3n) is 3.55. The summed E-state index contributed by atoms with van der Waals surface area (Å²) >= 11 is 0. The van der Waals surface area contributed by atoms with Crippen molar-refractivity contribution in [3.8, 4) is 5.75 Å². The third kappa shape index (κ3) is 5.50. The van der Waals surface area contributed by atoms with E-state index >= 15 is 0 Å². The third-order valence-corrected chi connectivity index (χ3v) is 3.55. The van der Waals surface area contributed by atoms with Crippen LogP contribution in [0.3, 0.4) is 0 Å². The quantitative estimate of drug-likeness (QED) is 0.669. The molecule has 0 bridgehead atoms. The number of carbonyl (C=O) groups is 1. The fraction of sp³-hybridized carbons (Fsp3) is 0.200. The topological polar surface area (TPSA) is 89.0 Å². The van der Waals surface area contributed by atoms with Crippen LogP contribution in [0.1, 0.15) is 30.0 Å². The molecule has 0 atom stereocenters. The molecule has 7 heteroatoms. The van der Waals surface area contributed by atoms with Crippen molar-refractivity contribution in [2.75, 3.05) is 5.32 Å². The SMILES string of the molecule is CC(C)Oc1ccc(Nc2ccc(C(=O)NCc3ccccn3)nn2)cc1. The monoisotopic (exact) mass is 363 g/mol. The predicted octanol–water partition coefficient (Wildman–Crippen LogP) is 3.33. The molecule has 7 nitrogen and oxygen atoms in total. The second-order valence-electron chi connectivity index (χ2n) is 6.12. The first-order chi connectivity index (χ1) is 13.1. The highest BCUT2D eigenvalue weighted by molar-refractivity contribution is 5.92. The number of pyridine rings is 1. The lowest BCUT2D eigenvalue weighted by Gasteiger charge is -2.10. The fourth-order valence-electron chi connectivity index (χ4n) is 2.32. The Morgan fingerprint density at radius 1 is 1.04 bits per heavy atom. The van der Waals surface area contributed by atoms with Gasteiger partial charge >= 0.3 is 0 Å². The molecule has 0 aliphatic rings. The van der Waals surface area contributed by atoms with E-state index in [1.54, 1.807) is 18.3 Å². The molecule has 3 rings (SSSR count). The van der Waals surface area contributed by atoms with Crippen LogP contribution in [0.15, 0.2) is 60.8 Å². The van der Waals surface area contributed by atoms with Crippen molar-refractivity contribution < 1.29 is 9.53 Å². The fourth-order valence-corrected chi connectivity index (χ4v) is 2.32. The van der Waals surface area contributed by atoms with E-state index in [2.05, 4.69) is 25.8 Å². The average Bonchev–Trinajstić information content (AvgIpc) is 2.69. The van der Waals surface area contributed by atoms with E-state index in [1.165, 1.54) is 0 Å². The van der Waals surface area contributed by atoms with Crippen LogP contribution in [0.4, 0.5) is 11.5 Å². The van der Waals surface area contributed by atoms with Crippen LogP contribution in [0.2, 0.25) is 0 Å². The highest BCUT2D eigenvalue weighted by Crippen LogP contribution is 2.19. The van der Waals surface area contributed by atoms with E-state index in [1.807, 2.05) is 56.3 Å². The minimum absolute atomic E-state index is 0.131. The molecular formula is C20H21N5O2. The first kappa shape index (κ1) is 18.3. The van der Waals surface area contributed by atoms with Gasteiger partial charge in [-0.05, 0) is 62.4 Å². The van der Waals surface area contributed by atoms with Crippen molar-refractivity contribution in [2.24, 2.45) is 0 Å². The molecule has 0 spiro atoms. The maximum absolute atomic E-state index is 12.1. The summed E-state index contributed by atoms with van der Waals surface area (Å²) in [6, 6.07) is 16.4. The summed E-state index contributed by atoms with van der Waals surface area (Å²) in [6.07, 6.45) is 1.81. The second kappa shape index (κ2) is 8.75. The molecule has 0 unspecified atom stereocenters. The maximum Gasteiger partial charge on any atom is 0.272 e. The van der Waals surface area contributed by atoms with Gasteiger partial charge in [0, 0.05) is 11.9 Å². The van der Waals surface area contributed by atoms with Gasteiger partial charge in [-0.2, -0.15) is 0 Å². The molecule has 0 fully saturated rings. The Morgan fingerprint density at radius 3 is 2.48 bits per heavy atom. The standard InChI is InChI=1S/C20H21N5O2/c1-14(2)27-17-8-6-15(7-9-17)23-19-11-10-18(24-25-19)20(26)22-13-16-5-3-4-12-21-16/h3-12,14H,13H2,1-2H3,(H,22,26)(H,23,25). The molecular weight excluding hydrogens is 342 g/mol. The number of anilines is 2. The Hall–Kier alpha value is -3.48. The number of nitrogens with zero attached hydrogens (tertiary/aromatic N) is 3.